The van der Waals surface area contributed by atoms with Gasteiger partial charge in [-0.05, 0) is 37.5 Å². The summed E-state index contributed by atoms with van der Waals surface area (Å²) in [6, 6.07) is 13.6. The molecule has 0 spiro atoms. The molecule has 0 aliphatic rings. The lowest BCUT2D eigenvalue weighted by atomic mass is 10.1. The lowest BCUT2D eigenvalue weighted by Crippen LogP contribution is -2.35. The molecule has 0 fully saturated rings. The summed E-state index contributed by atoms with van der Waals surface area (Å²) in [5.41, 5.74) is 4.55. The van der Waals surface area contributed by atoms with Crippen molar-refractivity contribution in [3.8, 4) is 0 Å². The fourth-order valence-electron chi connectivity index (χ4n) is 2.96. The Kier molecular flexibility index (Phi) is 6.42. The van der Waals surface area contributed by atoms with Crippen molar-refractivity contribution in [3.05, 3.63) is 64.7 Å². The third-order valence-corrected chi connectivity index (χ3v) is 5.37. The van der Waals surface area contributed by atoms with Crippen molar-refractivity contribution in [1.29, 1.82) is 0 Å². The number of carbonyl (C=O) groups is 1. The van der Waals surface area contributed by atoms with Crippen LogP contribution in [0.3, 0.4) is 0 Å². The molecule has 0 bridgehead atoms. The van der Waals surface area contributed by atoms with Crippen LogP contribution < -0.4 is 9.62 Å². The van der Waals surface area contributed by atoms with Crippen LogP contribution in [-0.4, -0.2) is 27.1 Å². The Morgan fingerprint density at radius 1 is 1.04 bits per heavy atom. The Labute approximate surface area is 156 Å². The van der Waals surface area contributed by atoms with Crippen LogP contribution in [0.2, 0.25) is 0 Å². The van der Waals surface area contributed by atoms with Gasteiger partial charge in [0.1, 0.15) is 0 Å². The fraction of sp³-hybridized carbons (Fsp3) is 0.350. The van der Waals surface area contributed by atoms with Gasteiger partial charge in [-0.25, -0.2) is 8.42 Å². The normalized spacial score (nSPS) is 11.2. The molecule has 0 aromatic heterocycles. The monoisotopic (exact) mass is 374 g/mol. The summed E-state index contributed by atoms with van der Waals surface area (Å²) >= 11 is 0. The van der Waals surface area contributed by atoms with E-state index in [9.17, 15) is 13.2 Å². The highest BCUT2D eigenvalue weighted by Gasteiger charge is 2.21. The van der Waals surface area contributed by atoms with E-state index in [-0.39, 0.29) is 18.9 Å². The molecule has 26 heavy (non-hydrogen) atoms. The number of benzene rings is 2. The van der Waals surface area contributed by atoms with E-state index in [1.807, 2.05) is 63.2 Å². The zero-order valence-corrected chi connectivity index (χ0v) is 16.6. The molecule has 2 aromatic rings. The van der Waals surface area contributed by atoms with Crippen LogP contribution in [0.25, 0.3) is 0 Å². The van der Waals surface area contributed by atoms with Crippen molar-refractivity contribution in [3.63, 3.8) is 0 Å². The Morgan fingerprint density at radius 3 is 2.23 bits per heavy atom. The van der Waals surface area contributed by atoms with Gasteiger partial charge in [-0.3, -0.25) is 9.10 Å². The van der Waals surface area contributed by atoms with Gasteiger partial charge in [-0.15, -0.1) is 0 Å². The highest BCUT2D eigenvalue weighted by Crippen LogP contribution is 2.26. The van der Waals surface area contributed by atoms with Crippen LogP contribution >= 0.6 is 0 Å². The maximum atomic E-state index is 12.3. The molecule has 6 heteroatoms. The summed E-state index contributed by atoms with van der Waals surface area (Å²) in [5.74, 6) is -0.175. The highest BCUT2D eigenvalue weighted by molar-refractivity contribution is 7.92. The summed E-state index contributed by atoms with van der Waals surface area (Å²) in [4.78, 5) is 12.2. The number of nitrogens with zero attached hydrogens (tertiary/aromatic N) is 1. The summed E-state index contributed by atoms with van der Waals surface area (Å²) in [7, 11) is -3.48. The Hall–Kier alpha value is -2.34. The number of anilines is 1. The van der Waals surface area contributed by atoms with Gasteiger partial charge >= 0.3 is 0 Å². The van der Waals surface area contributed by atoms with Crippen LogP contribution in [0, 0.1) is 20.8 Å². The van der Waals surface area contributed by atoms with Crippen molar-refractivity contribution in [1.82, 2.24) is 5.32 Å². The second-order valence-corrected chi connectivity index (χ2v) is 8.50. The summed E-state index contributed by atoms with van der Waals surface area (Å²) in [6.45, 7) is 6.30. The van der Waals surface area contributed by atoms with E-state index in [1.54, 1.807) is 0 Å². The molecule has 1 N–H and O–H groups in total. The predicted molar refractivity (Wildman–Crippen MR) is 106 cm³/mol. The van der Waals surface area contributed by atoms with Crippen LogP contribution in [0.15, 0.2) is 42.5 Å². The topological polar surface area (TPSA) is 66.5 Å². The minimum atomic E-state index is -3.48. The molecule has 0 heterocycles. The molecular formula is C20H26N2O3S. The van der Waals surface area contributed by atoms with E-state index >= 15 is 0 Å². The number of hydrogen-bond acceptors (Lipinski definition) is 3. The molecule has 5 nitrogen and oxygen atoms in total. The summed E-state index contributed by atoms with van der Waals surface area (Å²) in [5, 5.41) is 2.85. The average molecular weight is 375 g/mol. The average Bonchev–Trinajstić information content (AvgIpc) is 2.54. The Morgan fingerprint density at radius 2 is 1.65 bits per heavy atom. The van der Waals surface area contributed by atoms with Crippen LogP contribution in [0.5, 0.6) is 0 Å². The number of nitrogens with one attached hydrogen (secondary N) is 1. The predicted octanol–water partition coefficient (Wildman–Crippen LogP) is 3.08. The van der Waals surface area contributed by atoms with E-state index in [1.165, 1.54) is 10.6 Å². The molecule has 0 atom stereocenters. The van der Waals surface area contributed by atoms with Crippen molar-refractivity contribution >= 4 is 21.6 Å². The van der Waals surface area contributed by atoms with Gasteiger partial charge in [0.25, 0.3) is 0 Å². The van der Waals surface area contributed by atoms with Gasteiger partial charge in [-0.2, -0.15) is 0 Å². The maximum Gasteiger partial charge on any atom is 0.232 e. The third kappa shape index (κ3) is 5.33. The molecule has 0 saturated carbocycles. The maximum absolute atomic E-state index is 12.3. The van der Waals surface area contributed by atoms with E-state index in [2.05, 4.69) is 5.32 Å². The van der Waals surface area contributed by atoms with Gasteiger partial charge in [-0.1, -0.05) is 48.0 Å². The third-order valence-electron chi connectivity index (χ3n) is 4.20. The van der Waals surface area contributed by atoms with Crippen LogP contribution in [-0.2, 0) is 21.4 Å². The fourth-order valence-corrected chi connectivity index (χ4v) is 4.00. The second-order valence-electron chi connectivity index (χ2n) is 6.59. The van der Waals surface area contributed by atoms with Crippen LogP contribution in [0.4, 0.5) is 5.69 Å². The number of aryl methyl sites for hydroxylation is 3. The number of amides is 1. The lowest BCUT2D eigenvalue weighted by Gasteiger charge is -2.25. The second kappa shape index (κ2) is 8.36. The first kappa shape index (κ1) is 20.0. The van der Waals surface area contributed by atoms with Crippen LogP contribution in [0.1, 0.15) is 28.7 Å². The zero-order chi connectivity index (χ0) is 19.3. The number of sulfonamides is 1. The Bertz CT molecular complexity index is 871. The van der Waals surface area contributed by atoms with Gasteiger partial charge in [0, 0.05) is 19.5 Å². The zero-order valence-electron chi connectivity index (χ0n) is 15.7. The molecule has 0 aliphatic carbocycles. The number of rotatable bonds is 7. The minimum Gasteiger partial charge on any atom is -0.352 e. The first-order chi connectivity index (χ1) is 12.2. The molecule has 0 saturated heterocycles. The largest absolute Gasteiger partial charge is 0.352 e. The molecule has 2 aromatic carbocycles. The van der Waals surface area contributed by atoms with Crippen molar-refractivity contribution < 1.29 is 13.2 Å². The quantitative estimate of drug-likeness (QED) is 0.810. The molecule has 0 unspecified atom stereocenters. The van der Waals surface area contributed by atoms with Gasteiger partial charge in [0.15, 0.2) is 0 Å². The molecule has 0 radical (unpaired) electrons. The first-order valence-electron chi connectivity index (χ1n) is 8.54. The van der Waals surface area contributed by atoms with E-state index < -0.39 is 10.0 Å². The van der Waals surface area contributed by atoms with Gasteiger partial charge in [0.2, 0.25) is 15.9 Å². The highest BCUT2D eigenvalue weighted by atomic mass is 32.2. The number of hydrogen-bond donors (Lipinski definition) is 1. The molecule has 2 rings (SSSR count). The van der Waals surface area contributed by atoms with Gasteiger partial charge < -0.3 is 5.32 Å². The molecule has 0 aliphatic heterocycles. The Balaban J connectivity index is 2.05. The van der Waals surface area contributed by atoms with Gasteiger partial charge in [0.05, 0.1) is 11.9 Å². The lowest BCUT2D eigenvalue weighted by molar-refractivity contribution is -0.121. The smallest absolute Gasteiger partial charge is 0.232 e. The standard InChI is InChI=1S/C20H26N2O3S/c1-15-7-5-10-18(13-15)14-21-19(23)11-12-22(26(4,24)25)20-16(2)8-6-9-17(20)3/h5-10,13H,11-12,14H2,1-4H3,(H,21,23). The van der Waals surface area contributed by atoms with E-state index in [0.29, 0.717) is 12.2 Å². The molecular weight excluding hydrogens is 348 g/mol. The molecule has 1 amide bonds. The first-order valence-corrected chi connectivity index (χ1v) is 10.4. The van der Waals surface area contributed by atoms with E-state index in [0.717, 1.165) is 22.3 Å². The van der Waals surface area contributed by atoms with Crippen molar-refractivity contribution in [2.24, 2.45) is 0 Å². The summed E-state index contributed by atoms with van der Waals surface area (Å²) in [6.07, 6.45) is 1.27. The number of para-hydroxylation sites is 1. The summed E-state index contributed by atoms with van der Waals surface area (Å²) < 4.78 is 25.8. The van der Waals surface area contributed by atoms with Crippen molar-refractivity contribution in [2.75, 3.05) is 17.1 Å². The number of carbonyl (C=O) groups excluding carboxylic acids is 1. The minimum absolute atomic E-state index is 0.104. The SMILES string of the molecule is Cc1cccc(CNC(=O)CCN(c2c(C)cccc2C)S(C)(=O)=O)c1. The van der Waals surface area contributed by atoms with Crippen molar-refractivity contribution in [2.45, 2.75) is 33.7 Å². The van der Waals surface area contributed by atoms with E-state index in [4.69, 9.17) is 0 Å². The molecule has 140 valence electrons.